The van der Waals surface area contributed by atoms with Crippen LogP contribution in [-0.2, 0) is 16.0 Å². The van der Waals surface area contributed by atoms with Crippen LogP contribution in [0.1, 0.15) is 50.8 Å². The summed E-state index contributed by atoms with van der Waals surface area (Å²) >= 11 is 1.32. The van der Waals surface area contributed by atoms with E-state index in [-0.39, 0.29) is 28.8 Å². The summed E-state index contributed by atoms with van der Waals surface area (Å²) in [5.41, 5.74) is 3.01. The van der Waals surface area contributed by atoms with Crippen LogP contribution in [0.25, 0.3) is 11.1 Å². The quantitative estimate of drug-likeness (QED) is 0.313. The van der Waals surface area contributed by atoms with Crippen LogP contribution in [0.4, 0.5) is 10.8 Å². The first-order valence-corrected chi connectivity index (χ1v) is 14.3. The van der Waals surface area contributed by atoms with E-state index in [4.69, 9.17) is 14.2 Å². The number of carbonyl (C=O) groups is 2. The van der Waals surface area contributed by atoms with Gasteiger partial charge in [-0.2, -0.15) is 0 Å². The molecule has 2 aromatic carbocycles. The lowest BCUT2D eigenvalue weighted by molar-refractivity contribution is -0.120. The molecule has 3 N–H and O–H groups in total. The molecule has 0 bridgehead atoms. The fourth-order valence-corrected chi connectivity index (χ4v) is 5.70. The number of nitrogens with one attached hydrogen (secondary N) is 3. The summed E-state index contributed by atoms with van der Waals surface area (Å²) in [4.78, 5) is 43.3. The molecule has 0 saturated carbocycles. The Hall–Kier alpha value is -4.12. The van der Waals surface area contributed by atoms with Gasteiger partial charge < -0.3 is 30.2 Å². The zero-order chi connectivity index (χ0) is 29.7. The molecule has 1 aliphatic rings. The number of rotatable bonds is 10. The van der Waals surface area contributed by atoms with Crippen LogP contribution in [0.15, 0.2) is 40.6 Å². The van der Waals surface area contributed by atoms with Crippen LogP contribution < -0.4 is 35.6 Å². The van der Waals surface area contributed by atoms with Gasteiger partial charge in [-0.1, -0.05) is 26.3 Å². The van der Waals surface area contributed by atoms with Gasteiger partial charge in [-0.05, 0) is 53.6 Å². The number of benzene rings is 1. The number of aromatic nitrogens is 1. The van der Waals surface area contributed by atoms with E-state index in [2.05, 4.69) is 20.9 Å². The average Bonchev–Trinajstić information content (AvgIpc) is 3.36. The lowest BCUT2D eigenvalue weighted by Gasteiger charge is -2.23. The van der Waals surface area contributed by atoms with E-state index < -0.39 is 12.1 Å². The van der Waals surface area contributed by atoms with Crippen molar-refractivity contribution in [2.45, 2.75) is 52.1 Å². The van der Waals surface area contributed by atoms with E-state index in [0.29, 0.717) is 52.8 Å². The standard InChI is InChI=1S/C30H36N4O6S/c1-7-16(2)26(29(37)34-30-31-12-13-41-30)33-22-11-9-19-20(15-23(22)36)21(32-17(3)35)10-8-18-14-24(38-4)27(39-5)28(40-6)25(18)19/h9,11-16,21,26H,7-8,10H2,1-6H3,(H,32,35)(H,33,36)(H,31,34,37)/t16-,21+,26+/m0/s1. The van der Waals surface area contributed by atoms with Crippen molar-refractivity contribution in [2.24, 2.45) is 5.92 Å². The highest BCUT2D eigenvalue weighted by molar-refractivity contribution is 7.13. The molecule has 11 heteroatoms. The molecule has 3 atom stereocenters. The summed E-state index contributed by atoms with van der Waals surface area (Å²) < 4.78 is 17.1. The largest absolute Gasteiger partial charge is 0.493 e. The lowest BCUT2D eigenvalue weighted by atomic mass is 9.95. The number of aryl methyl sites for hydroxylation is 1. The number of thiazole rings is 1. The Morgan fingerprint density at radius 1 is 1.12 bits per heavy atom. The van der Waals surface area contributed by atoms with Crippen LogP contribution in [0.2, 0.25) is 0 Å². The van der Waals surface area contributed by atoms with Crippen LogP contribution in [0.3, 0.4) is 0 Å². The first-order chi connectivity index (χ1) is 19.7. The molecule has 1 aliphatic carbocycles. The van der Waals surface area contributed by atoms with E-state index in [1.165, 1.54) is 24.3 Å². The van der Waals surface area contributed by atoms with E-state index in [1.54, 1.807) is 39.0 Å². The fraction of sp³-hybridized carbons (Fsp3) is 0.400. The van der Waals surface area contributed by atoms with Crippen LogP contribution in [-0.4, -0.2) is 44.2 Å². The van der Waals surface area contributed by atoms with Crippen molar-refractivity contribution in [3.63, 3.8) is 0 Å². The molecule has 0 radical (unpaired) electrons. The Labute approximate surface area is 243 Å². The summed E-state index contributed by atoms with van der Waals surface area (Å²) in [6, 6.07) is 5.85. The zero-order valence-corrected chi connectivity index (χ0v) is 24.9. The normalized spacial score (nSPS) is 15.3. The lowest BCUT2D eigenvalue weighted by Crippen LogP contribution is -2.40. The molecule has 41 heavy (non-hydrogen) atoms. The summed E-state index contributed by atoms with van der Waals surface area (Å²) in [6.07, 6.45) is 3.48. The second-order valence-electron chi connectivity index (χ2n) is 9.93. The molecule has 2 amide bonds. The Kier molecular flexibility index (Phi) is 9.49. The van der Waals surface area contributed by atoms with Gasteiger partial charge in [-0.15, -0.1) is 11.3 Å². The third-order valence-corrected chi connectivity index (χ3v) is 8.07. The van der Waals surface area contributed by atoms with Gasteiger partial charge in [0.25, 0.3) is 0 Å². The second-order valence-corrected chi connectivity index (χ2v) is 10.8. The molecule has 1 heterocycles. The minimum Gasteiger partial charge on any atom is -0.493 e. The Bertz CT molecular complexity index is 1480. The monoisotopic (exact) mass is 580 g/mol. The topological polar surface area (TPSA) is 128 Å². The first kappa shape index (κ1) is 29.9. The number of methoxy groups -OCH3 is 3. The van der Waals surface area contributed by atoms with Crippen molar-refractivity contribution in [3.05, 3.63) is 57.2 Å². The highest BCUT2D eigenvalue weighted by Gasteiger charge is 2.30. The number of ether oxygens (including phenoxy) is 3. The highest BCUT2D eigenvalue weighted by atomic mass is 32.1. The van der Waals surface area contributed by atoms with Crippen LogP contribution >= 0.6 is 11.3 Å². The molecule has 3 aromatic rings. The average molecular weight is 581 g/mol. The van der Waals surface area contributed by atoms with E-state index in [9.17, 15) is 14.4 Å². The highest BCUT2D eigenvalue weighted by Crippen LogP contribution is 2.50. The molecule has 1 aromatic heterocycles. The maximum atomic E-state index is 13.7. The van der Waals surface area contributed by atoms with Crippen LogP contribution in [0.5, 0.6) is 17.2 Å². The van der Waals surface area contributed by atoms with Gasteiger partial charge in [-0.3, -0.25) is 14.4 Å². The number of anilines is 2. The molecule has 218 valence electrons. The molecule has 0 fully saturated rings. The Morgan fingerprint density at radius 2 is 1.88 bits per heavy atom. The third-order valence-electron chi connectivity index (χ3n) is 7.38. The maximum absolute atomic E-state index is 13.7. The number of amides is 2. The van der Waals surface area contributed by atoms with Gasteiger partial charge in [0.05, 0.1) is 33.1 Å². The van der Waals surface area contributed by atoms with Crippen molar-refractivity contribution in [1.29, 1.82) is 0 Å². The van der Waals surface area contributed by atoms with Gasteiger partial charge >= 0.3 is 0 Å². The Balaban J connectivity index is 1.88. The van der Waals surface area contributed by atoms with Crippen molar-refractivity contribution >= 4 is 34.0 Å². The van der Waals surface area contributed by atoms with Crippen LogP contribution in [0, 0.1) is 5.92 Å². The molecule has 0 spiro atoms. The van der Waals surface area contributed by atoms with Crippen molar-refractivity contribution < 1.29 is 23.8 Å². The molecule has 0 saturated heterocycles. The maximum Gasteiger partial charge on any atom is 0.248 e. The first-order valence-electron chi connectivity index (χ1n) is 13.5. The van der Waals surface area contributed by atoms with Gasteiger partial charge in [0.15, 0.2) is 16.6 Å². The summed E-state index contributed by atoms with van der Waals surface area (Å²) in [5.74, 6) is 0.865. The molecular weight excluding hydrogens is 544 g/mol. The van der Waals surface area contributed by atoms with E-state index >= 15 is 0 Å². The minimum absolute atomic E-state index is 0.0811. The van der Waals surface area contributed by atoms with Crippen molar-refractivity contribution in [1.82, 2.24) is 10.3 Å². The number of hydrogen-bond donors (Lipinski definition) is 3. The number of nitrogens with zero attached hydrogens (tertiary/aromatic N) is 1. The predicted molar refractivity (Wildman–Crippen MR) is 160 cm³/mol. The van der Waals surface area contributed by atoms with Gasteiger partial charge in [0.1, 0.15) is 6.04 Å². The molecular formula is C30H36N4O6S. The fourth-order valence-electron chi connectivity index (χ4n) is 5.16. The van der Waals surface area contributed by atoms with E-state index in [0.717, 1.165) is 11.1 Å². The van der Waals surface area contributed by atoms with Gasteiger partial charge in [0.2, 0.25) is 23.0 Å². The molecule has 0 aliphatic heterocycles. The summed E-state index contributed by atoms with van der Waals surface area (Å²) in [6.45, 7) is 5.40. The third kappa shape index (κ3) is 6.30. The van der Waals surface area contributed by atoms with Gasteiger partial charge in [-0.25, -0.2) is 4.98 Å². The predicted octanol–water partition coefficient (Wildman–Crippen LogP) is 4.78. The Morgan fingerprint density at radius 3 is 2.49 bits per heavy atom. The molecule has 10 nitrogen and oxygen atoms in total. The van der Waals surface area contributed by atoms with Crippen molar-refractivity contribution in [3.8, 4) is 28.4 Å². The summed E-state index contributed by atoms with van der Waals surface area (Å²) in [5, 5.41) is 11.3. The van der Waals surface area contributed by atoms with Crippen molar-refractivity contribution in [2.75, 3.05) is 32.0 Å². The number of hydrogen-bond acceptors (Lipinski definition) is 9. The number of carbonyl (C=O) groups excluding carboxylic acids is 2. The van der Waals surface area contributed by atoms with Gasteiger partial charge in [0, 0.05) is 24.1 Å². The zero-order valence-electron chi connectivity index (χ0n) is 24.1. The SMILES string of the molecule is CC[C@H](C)[C@@H](Nc1ccc2c(cc1=O)[C@H](NC(C)=O)CCc1cc(OC)c(OC)c(OC)c1-2)C(=O)Nc1nccs1. The minimum atomic E-state index is -0.684. The molecule has 0 unspecified atom stereocenters. The molecule has 4 rings (SSSR count). The second kappa shape index (κ2) is 13.0. The van der Waals surface area contributed by atoms with E-state index in [1.807, 2.05) is 26.0 Å². The number of fused-ring (bicyclic) bond motifs is 3. The summed E-state index contributed by atoms with van der Waals surface area (Å²) in [7, 11) is 4.66. The smallest absolute Gasteiger partial charge is 0.248 e.